The molecule has 0 fully saturated rings. The number of rotatable bonds is 1. The number of fused-ring (bicyclic) bond motifs is 5. The van der Waals surface area contributed by atoms with Crippen molar-refractivity contribution in [3.63, 3.8) is 0 Å². The standard InChI is InChI=1S/C16H8N2O3/c19-8-17-12-7-13-15(21-16(20)18-13)11-6-5-9-3-1-2-4-10(9)14(11)12/h1-7H,(H,18,20). The number of isocyanates is 1. The van der Waals surface area contributed by atoms with Gasteiger partial charge in [0, 0.05) is 10.8 Å². The number of H-pyrrole nitrogens is 1. The Labute approximate surface area is 117 Å². The highest BCUT2D eigenvalue weighted by molar-refractivity contribution is 6.20. The fraction of sp³-hybridized carbons (Fsp3) is 0. The van der Waals surface area contributed by atoms with E-state index in [2.05, 4.69) is 9.98 Å². The minimum absolute atomic E-state index is 0.460. The van der Waals surface area contributed by atoms with E-state index in [9.17, 15) is 9.59 Å². The van der Waals surface area contributed by atoms with Crippen LogP contribution in [0.1, 0.15) is 0 Å². The molecule has 1 N–H and O–H groups in total. The summed E-state index contributed by atoms with van der Waals surface area (Å²) in [7, 11) is 0. The van der Waals surface area contributed by atoms with E-state index in [4.69, 9.17) is 4.42 Å². The Bertz CT molecular complexity index is 1110. The number of aromatic nitrogens is 1. The fourth-order valence-corrected chi connectivity index (χ4v) is 2.72. The monoisotopic (exact) mass is 276 g/mol. The third-order valence-corrected chi connectivity index (χ3v) is 3.55. The summed E-state index contributed by atoms with van der Waals surface area (Å²) in [5, 5.41) is 3.46. The molecule has 0 atom stereocenters. The quantitative estimate of drug-likeness (QED) is 0.329. The molecule has 0 unspecified atom stereocenters. The summed E-state index contributed by atoms with van der Waals surface area (Å²) in [6.07, 6.45) is 1.56. The van der Waals surface area contributed by atoms with E-state index in [-0.39, 0.29) is 0 Å². The summed E-state index contributed by atoms with van der Waals surface area (Å²) in [4.78, 5) is 28.5. The largest absolute Gasteiger partial charge is 0.417 e. The number of hydrogen-bond acceptors (Lipinski definition) is 4. The van der Waals surface area contributed by atoms with Gasteiger partial charge in [-0.3, -0.25) is 4.98 Å². The highest BCUT2D eigenvalue weighted by Crippen LogP contribution is 2.37. The molecule has 0 amide bonds. The lowest BCUT2D eigenvalue weighted by Crippen LogP contribution is -1.92. The number of nitrogens with zero attached hydrogens (tertiary/aromatic N) is 1. The van der Waals surface area contributed by atoms with Crippen molar-refractivity contribution in [2.75, 3.05) is 0 Å². The highest BCUT2D eigenvalue weighted by Gasteiger charge is 2.13. The minimum Gasteiger partial charge on any atom is -0.407 e. The molecule has 4 aromatic rings. The zero-order valence-corrected chi connectivity index (χ0v) is 10.7. The highest BCUT2D eigenvalue weighted by atomic mass is 16.4. The molecule has 100 valence electrons. The first-order valence-corrected chi connectivity index (χ1v) is 6.33. The summed E-state index contributed by atoms with van der Waals surface area (Å²) in [6, 6.07) is 13.2. The molecule has 4 rings (SSSR count). The average molecular weight is 276 g/mol. The lowest BCUT2D eigenvalue weighted by atomic mass is 10.00. The first-order chi connectivity index (χ1) is 10.3. The van der Waals surface area contributed by atoms with Crippen molar-refractivity contribution in [3.05, 3.63) is 53.0 Å². The van der Waals surface area contributed by atoms with E-state index < -0.39 is 5.76 Å². The maximum Gasteiger partial charge on any atom is 0.417 e. The van der Waals surface area contributed by atoms with Crippen LogP contribution in [0.15, 0.2) is 56.7 Å². The SMILES string of the molecule is O=C=Nc1cc2[nH]c(=O)oc2c2ccc3ccccc3c12. The van der Waals surface area contributed by atoms with Crippen molar-refractivity contribution in [3.8, 4) is 0 Å². The molecular weight excluding hydrogens is 268 g/mol. The van der Waals surface area contributed by atoms with Crippen molar-refractivity contribution in [1.82, 2.24) is 4.98 Å². The van der Waals surface area contributed by atoms with E-state index in [1.54, 1.807) is 12.1 Å². The topological polar surface area (TPSA) is 75.4 Å². The van der Waals surface area contributed by atoms with Crippen LogP contribution in [0.4, 0.5) is 5.69 Å². The Kier molecular flexibility index (Phi) is 2.31. The molecule has 5 heteroatoms. The Balaban J connectivity index is 2.38. The van der Waals surface area contributed by atoms with Gasteiger partial charge >= 0.3 is 5.76 Å². The Morgan fingerprint density at radius 2 is 1.95 bits per heavy atom. The number of aromatic amines is 1. The van der Waals surface area contributed by atoms with Crippen LogP contribution in [-0.4, -0.2) is 11.1 Å². The van der Waals surface area contributed by atoms with Gasteiger partial charge in [-0.1, -0.05) is 30.3 Å². The fourth-order valence-electron chi connectivity index (χ4n) is 2.72. The Morgan fingerprint density at radius 3 is 2.81 bits per heavy atom. The van der Waals surface area contributed by atoms with Crippen molar-refractivity contribution < 1.29 is 9.21 Å². The second kappa shape index (κ2) is 4.16. The van der Waals surface area contributed by atoms with Crippen LogP contribution in [0.5, 0.6) is 0 Å². The summed E-state index contributed by atoms with van der Waals surface area (Å²) >= 11 is 0. The van der Waals surface area contributed by atoms with Crippen molar-refractivity contribution >= 4 is 44.4 Å². The summed E-state index contributed by atoms with van der Waals surface area (Å²) in [5.41, 5.74) is 1.43. The first kappa shape index (κ1) is 11.6. The van der Waals surface area contributed by atoms with E-state index >= 15 is 0 Å². The smallest absolute Gasteiger partial charge is 0.407 e. The molecule has 0 saturated heterocycles. The van der Waals surface area contributed by atoms with Crippen molar-refractivity contribution in [1.29, 1.82) is 0 Å². The minimum atomic E-state index is -0.535. The molecule has 0 spiro atoms. The van der Waals surface area contributed by atoms with Gasteiger partial charge in [-0.15, -0.1) is 0 Å². The number of aliphatic imine (C=N–C) groups is 1. The van der Waals surface area contributed by atoms with Crippen LogP contribution in [-0.2, 0) is 4.79 Å². The predicted octanol–water partition coefficient (Wildman–Crippen LogP) is 3.39. The molecule has 0 aliphatic rings. The lowest BCUT2D eigenvalue weighted by Gasteiger charge is -2.06. The van der Waals surface area contributed by atoms with Crippen molar-refractivity contribution in [2.24, 2.45) is 4.99 Å². The molecule has 0 saturated carbocycles. The molecule has 0 aliphatic carbocycles. The van der Waals surface area contributed by atoms with E-state index in [0.717, 1.165) is 21.5 Å². The molecule has 1 heterocycles. The molecule has 21 heavy (non-hydrogen) atoms. The maximum absolute atomic E-state index is 11.4. The molecule has 0 bridgehead atoms. The van der Waals surface area contributed by atoms with Crippen LogP contribution in [0, 0.1) is 0 Å². The van der Waals surface area contributed by atoms with Crippen LogP contribution in [0.2, 0.25) is 0 Å². The van der Waals surface area contributed by atoms with Gasteiger partial charge in [-0.05, 0) is 22.9 Å². The van der Waals surface area contributed by atoms with Gasteiger partial charge in [0.05, 0.1) is 11.2 Å². The average Bonchev–Trinajstić information content (AvgIpc) is 2.87. The number of oxazole rings is 1. The number of benzene rings is 3. The van der Waals surface area contributed by atoms with Crippen LogP contribution in [0.25, 0.3) is 32.6 Å². The van der Waals surface area contributed by atoms with E-state index in [0.29, 0.717) is 16.8 Å². The van der Waals surface area contributed by atoms with E-state index in [1.165, 1.54) is 0 Å². The van der Waals surface area contributed by atoms with Gasteiger partial charge < -0.3 is 4.42 Å². The third-order valence-electron chi connectivity index (χ3n) is 3.55. The van der Waals surface area contributed by atoms with Crippen LogP contribution < -0.4 is 5.76 Å². The van der Waals surface area contributed by atoms with Gasteiger partial charge in [0.1, 0.15) is 0 Å². The second-order valence-corrected chi connectivity index (χ2v) is 4.70. The van der Waals surface area contributed by atoms with Gasteiger partial charge in [0.15, 0.2) is 5.58 Å². The van der Waals surface area contributed by atoms with Crippen LogP contribution >= 0.6 is 0 Å². The molecule has 1 aromatic heterocycles. The lowest BCUT2D eigenvalue weighted by molar-refractivity contribution is 0.558. The first-order valence-electron chi connectivity index (χ1n) is 6.33. The second-order valence-electron chi connectivity index (χ2n) is 4.70. The normalized spacial score (nSPS) is 11.0. The number of hydrogen-bond donors (Lipinski definition) is 1. The van der Waals surface area contributed by atoms with Crippen molar-refractivity contribution in [2.45, 2.75) is 0 Å². The van der Waals surface area contributed by atoms with Gasteiger partial charge in [0.2, 0.25) is 6.08 Å². The molecule has 5 nitrogen and oxygen atoms in total. The molecule has 3 aromatic carbocycles. The van der Waals surface area contributed by atoms with E-state index in [1.807, 2.05) is 36.4 Å². The summed E-state index contributed by atoms with van der Waals surface area (Å²) in [5.74, 6) is -0.535. The summed E-state index contributed by atoms with van der Waals surface area (Å²) < 4.78 is 5.21. The zero-order valence-electron chi connectivity index (χ0n) is 10.7. The van der Waals surface area contributed by atoms with Gasteiger partial charge in [-0.25, -0.2) is 9.59 Å². The zero-order chi connectivity index (χ0) is 14.4. The third kappa shape index (κ3) is 1.62. The predicted molar refractivity (Wildman–Crippen MR) is 79.6 cm³/mol. The number of nitrogens with one attached hydrogen (secondary N) is 1. The van der Waals surface area contributed by atoms with Gasteiger partial charge in [-0.2, -0.15) is 4.99 Å². The summed E-state index contributed by atoms with van der Waals surface area (Å²) in [6.45, 7) is 0. The molecule has 0 aliphatic heterocycles. The van der Waals surface area contributed by atoms with Gasteiger partial charge in [0.25, 0.3) is 0 Å². The molecule has 0 radical (unpaired) electrons. The van der Waals surface area contributed by atoms with Crippen LogP contribution in [0.3, 0.4) is 0 Å². The number of carbonyl (C=O) groups excluding carboxylic acids is 1. The maximum atomic E-state index is 11.4. The molecular formula is C16H8N2O3. The Hall–Kier alpha value is -3.17. The Morgan fingerprint density at radius 1 is 1.10 bits per heavy atom.